The van der Waals surface area contributed by atoms with E-state index >= 15 is 0 Å². The molecule has 1 aliphatic carbocycles. The Kier molecular flexibility index (Phi) is 5.67. The molecule has 1 aromatic heterocycles. The first-order valence-electron chi connectivity index (χ1n) is 12.5. The van der Waals surface area contributed by atoms with Gasteiger partial charge >= 0.3 is 12.1 Å². The second-order valence-corrected chi connectivity index (χ2v) is 9.81. The number of amides is 1. The van der Waals surface area contributed by atoms with Crippen LogP contribution >= 0.6 is 0 Å². The van der Waals surface area contributed by atoms with E-state index in [1.807, 2.05) is 73.7 Å². The Hall–Kier alpha value is -4.59. The lowest BCUT2D eigenvalue weighted by Crippen LogP contribution is -2.20. The summed E-state index contributed by atoms with van der Waals surface area (Å²) in [6.07, 6.45) is 0.284. The van der Waals surface area contributed by atoms with Gasteiger partial charge in [-0.25, -0.2) is 4.79 Å². The van der Waals surface area contributed by atoms with Crippen LogP contribution < -0.4 is 10.1 Å². The molecule has 6 rings (SSSR count). The highest BCUT2D eigenvalue weighted by Gasteiger charge is 2.51. The molecule has 1 aliphatic heterocycles. The highest BCUT2D eigenvalue weighted by molar-refractivity contribution is 5.92. The summed E-state index contributed by atoms with van der Waals surface area (Å²) >= 11 is 0. The summed E-state index contributed by atoms with van der Waals surface area (Å²) in [5.41, 5.74) is 5.48. The quantitative estimate of drug-likeness (QED) is 0.299. The molecule has 8 nitrogen and oxygen atoms in total. The maximum absolute atomic E-state index is 12.7. The van der Waals surface area contributed by atoms with Gasteiger partial charge in [0.2, 0.25) is 0 Å². The molecule has 3 aromatic carbocycles. The van der Waals surface area contributed by atoms with E-state index in [4.69, 9.17) is 14.0 Å². The number of anilines is 1. The van der Waals surface area contributed by atoms with Crippen LogP contribution in [0.15, 0.2) is 71.3 Å². The number of aromatic nitrogens is 1. The zero-order valence-corrected chi connectivity index (χ0v) is 21.0. The summed E-state index contributed by atoms with van der Waals surface area (Å²) in [5, 5.41) is 16.5. The zero-order valence-electron chi connectivity index (χ0n) is 21.0. The van der Waals surface area contributed by atoms with Crippen LogP contribution in [0.5, 0.6) is 5.75 Å². The van der Waals surface area contributed by atoms with Crippen LogP contribution in [0.25, 0.3) is 22.5 Å². The van der Waals surface area contributed by atoms with E-state index in [1.165, 1.54) is 0 Å². The van der Waals surface area contributed by atoms with Gasteiger partial charge in [0, 0.05) is 11.1 Å². The second kappa shape index (κ2) is 9.06. The number of fused-ring (bicyclic) bond motifs is 3. The number of rotatable bonds is 6. The minimum absolute atomic E-state index is 0.333. The van der Waals surface area contributed by atoms with E-state index in [-0.39, 0.29) is 0 Å². The molecule has 1 unspecified atom stereocenters. The molecule has 0 saturated heterocycles. The van der Waals surface area contributed by atoms with Gasteiger partial charge in [-0.3, -0.25) is 10.1 Å². The standard InChI is InChI=1S/C30H26N2O6/c1-17-26(31-29(35)37-18(2)19-6-4-3-5-7-19)27(38-32-17)20-8-10-24-23-11-9-22(30(12-13-30)28(33)34)14-21(23)16-36-25(24)15-20/h3-11,14-15,18H,12-13,16H2,1-2H3,(H,31,35)(H,33,34). The highest BCUT2D eigenvalue weighted by atomic mass is 16.6. The first-order valence-corrected chi connectivity index (χ1v) is 12.5. The van der Waals surface area contributed by atoms with Gasteiger partial charge in [-0.2, -0.15) is 0 Å². The van der Waals surface area contributed by atoms with Gasteiger partial charge in [-0.15, -0.1) is 0 Å². The van der Waals surface area contributed by atoms with Crippen LogP contribution in [0.1, 0.15) is 48.3 Å². The first kappa shape index (κ1) is 23.8. The molecule has 0 radical (unpaired) electrons. The van der Waals surface area contributed by atoms with Crippen LogP contribution in [0.3, 0.4) is 0 Å². The zero-order chi connectivity index (χ0) is 26.4. The van der Waals surface area contributed by atoms with Crippen LogP contribution in [0.2, 0.25) is 0 Å². The number of aryl methyl sites for hydroxylation is 1. The fourth-order valence-corrected chi connectivity index (χ4v) is 4.98. The van der Waals surface area contributed by atoms with Gasteiger partial charge in [0.15, 0.2) is 5.76 Å². The number of carboxylic acid groups (broad SMARTS) is 1. The molecule has 38 heavy (non-hydrogen) atoms. The normalized spacial score (nSPS) is 15.4. The van der Waals surface area contributed by atoms with Crippen LogP contribution in [-0.4, -0.2) is 22.3 Å². The molecule has 0 spiro atoms. The fraction of sp³-hybridized carbons (Fsp3) is 0.233. The molecule has 192 valence electrons. The summed E-state index contributed by atoms with van der Waals surface area (Å²) < 4.78 is 17.2. The van der Waals surface area contributed by atoms with Crippen molar-refractivity contribution in [1.82, 2.24) is 5.16 Å². The van der Waals surface area contributed by atoms with Crippen molar-refractivity contribution in [2.75, 3.05) is 5.32 Å². The Labute approximate surface area is 219 Å². The van der Waals surface area contributed by atoms with E-state index in [1.54, 1.807) is 6.92 Å². The van der Waals surface area contributed by atoms with Crippen molar-refractivity contribution in [3.8, 4) is 28.2 Å². The third-order valence-corrected chi connectivity index (χ3v) is 7.38. The molecule has 1 fully saturated rings. The maximum Gasteiger partial charge on any atom is 0.412 e. The number of hydrogen-bond acceptors (Lipinski definition) is 6. The predicted octanol–water partition coefficient (Wildman–Crippen LogP) is 6.64. The molecule has 2 heterocycles. The monoisotopic (exact) mass is 510 g/mol. The average Bonchev–Trinajstić information content (AvgIpc) is 3.67. The molecule has 1 amide bonds. The van der Waals surface area contributed by atoms with Crippen molar-refractivity contribution in [1.29, 1.82) is 0 Å². The molecule has 1 saturated carbocycles. The smallest absolute Gasteiger partial charge is 0.412 e. The summed E-state index contributed by atoms with van der Waals surface area (Å²) in [7, 11) is 0. The summed E-state index contributed by atoms with van der Waals surface area (Å²) in [4.78, 5) is 24.4. The van der Waals surface area contributed by atoms with E-state index < -0.39 is 23.6 Å². The third kappa shape index (κ3) is 4.08. The van der Waals surface area contributed by atoms with Crippen LogP contribution in [0, 0.1) is 6.92 Å². The predicted molar refractivity (Wildman–Crippen MR) is 140 cm³/mol. The number of aliphatic carboxylic acids is 1. The van der Waals surface area contributed by atoms with E-state index in [0.29, 0.717) is 47.9 Å². The molecule has 1 atom stereocenters. The molecule has 0 bridgehead atoms. The Balaban J connectivity index is 1.24. The van der Waals surface area contributed by atoms with Gasteiger partial charge in [0.05, 0.1) is 5.41 Å². The van der Waals surface area contributed by atoms with Gasteiger partial charge < -0.3 is 19.1 Å². The molecular formula is C30H26N2O6. The topological polar surface area (TPSA) is 111 Å². The number of ether oxygens (including phenoxy) is 2. The minimum Gasteiger partial charge on any atom is -0.488 e. The highest BCUT2D eigenvalue weighted by Crippen LogP contribution is 2.50. The van der Waals surface area contributed by atoms with Gasteiger partial charge in [-0.05, 0) is 61.1 Å². The second-order valence-electron chi connectivity index (χ2n) is 9.81. The Morgan fingerprint density at radius 3 is 2.55 bits per heavy atom. The fourth-order valence-electron chi connectivity index (χ4n) is 4.98. The number of carbonyl (C=O) groups is 2. The number of nitrogens with one attached hydrogen (secondary N) is 1. The van der Waals surface area contributed by atoms with Crippen molar-refractivity contribution in [2.45, 2.75) is 44.8 Å². The van der Waals surface area contributed by atoms with Crippen molar-refractivity contribution in [3.05, 3.63) is 89.1 Å². The summed E-state index contributed by atoms with van der Waals surface area (Å²) in [5.74, 6) is 0.295. The number of nitrogens with zero attached hydrogens (tertiary/aromatic N) is 1. The molecular weight excluding hydrogens is 484 g/mol. The van der Waals surface area contributed by atoms with Gasteiger partial charge in [0.1, 0.15) is 29.8 Å². The van der Waals surface area contributed by atoms with E-state index in [9.17, 15) is 14.7 Å². The minimum atomic E-state index is -0.774. The Bertz CT molecular complexity index is 1550. The van der Waals surface area contributed by atoms with E-state index in [2.05, 4.69) is 10.5 Å². The van der Waals surface area contributed by atoms with Crippen molar-refractivity contribution < 1.29 is 28.7 Å². The van der Waals surface area contributed by atoms with E-state index in [0.717, 1.165) is 27.8 Å². The lowest BCUT2D eigenvalue weighted by molar-refractivity contribution is -0.140. The number of benzene rings is 3. The Morgan fingerprint density at radius 2 is 1.82 bits per heavy atom. The molecule has 2 N–H and O–H groups in total. The van der Waals surface area contributed by atoms with Crippen molar-refractivity contribution in [2.24, 2.45) is 0 Å². The number of carboxylic acids is 1. The third-order valence-electron chi connectivity index (χ3n) is 7.38. The van der Waals surface area contributed by atoms with Gasteiger partial charge in [0.25, 0.3) is 0 Å². The summed E-state index contributed by atoms with van der Waals surface area (Å²) in [6, 6.07) is 21.0. The average molecular weight is 511 g/mol. The lowest BCUT2D eigenvalue weighted by Gasteiger charge is -2.23. The molecule has 4 aromatic rings. The number of carbonyl (C=O) groups excluding carboxylic acids is 1. The largest absolute Gasteiger partial charge is 0.488 e. The van der Waals surface area contributed by atoms with Crippen molar-refractivity contribution >= 4 is 17.7 Å². The van der Waals surface area contributed by atoms with Crippen LogP contribution in [0.4, 0.5) is 10.5 Å². The molecule has 8 heteroatoms. The van der Waals surface area contributed by atoms with Crippen LogP contribution in [-0.2, 0) is 21.6 Å². The summed E-state index contributed by atoms with van der Waals surface area (Å²) in [6.45, 7) is 3.89. The Morgan fingerprint density at radius 1 is 1.05 bits per heavy atom. The number of hydrogen-bond donors (Lipinski definition) is 2. The first-order chi connectivity index (χ1) is 18.4. The van der Waals surface area contributed by atoms with Gasteiger partial charge in [-0.1, -0.05) is 59.8 Å². The molecule has 2 aliphatic rings. The lowest BCUT2D eigenvalue weighted by atomic mass is 9.89. The van der Waals surface area contributed by atoms with Crippen molar-refractivity contribution in [3.63, 3.8) is 0 Å². The maximum atomic E-state index is 12.7. The SMILES string of the molecule is Cc1noc(-c2ccc3c(c2)OCc2cc(C4(C(=O)O)CC4)ccc2-3)c1NC(=O)OC(C)c1ccccc1.